The van der Waals surface area contributed by atoms with Crippen molar-refractivity contribution in [3.8, 4) is 0 Å². The number of amides is 1. The number of carbonyl (C=O) groups excluding carboxylic acids is 1. The minimum atomic E-state index is -3.44. The number of piperidine rings is 1. The molecule has 1 heterocycles. The van der Waals surface area contributed by atoms with Gasteiger partial charge in [-0.15, -0.1) is 0 Å². The lowest BCUT2D eigenvalue weighted by Gasteiger charge is -2.30. The molecule has 0 spiro atoms. The fourth-order valence-electron chi connectivity index (χ4n) is 2.51. The molecule has 22 heavy (non-hydrogen) atoms. The summed E-state index contributed by atoms with van der Waals surface area (Å²) in [7, 11) is -3.44. The molecule has 1 aliphatic rings. The first-order valence-electron chi connectivity index (χ1n) is 7.72. The van der Waals surface area contributed by atoms with Gasteiger partial charge in [-0.2, -0.15) is 4.31 Å². The summed E-state index contributed by atoms with van der Waals surface area (Å²) in [6, 6.07) is 6.40. The van der Waals surface area contributed by atoms with Gasteiger partial charge in [0, 0.05) is 24.7 Å². The molecule has 1 atom stereocenters. The van der Waals surface area contributed by atoms with Crippen molar-refractivity contribution in [2.75, 3.05) is 18.4 Å². The van der Waals surface area contributed by atoms with Crippen molar-refractivity contribution >= 4 is 21.6 Å². The van der Waals surface area contributed by atoms with Gasteiger partial charge >= 0.3 is 0 Å². The van der Waals surface area contributed by atoms with E-state index in [9.17, 15) is 13.2 Å². The van der Waals surface area contributed by atoms with E-state index >= 15 is 0 Å². The van der Waals surface area contributed by atoms with Crippen LogP contribution in [0.1, 0.15) is 33.6 Å². The summed E-state index contributed by atoms with van der Waals surface area (Å²) in [5.74, 6) is 0.201. The van der Waals surface area contributed by atoms with Crippen molar-refractivity contribution in [2.45, 2.75) is 38.5 Å². The standard InChI is InChI=1S/C16H24N2O3S/c1-12(2)16(19)17-14-6-8-15(9-7-14)22(20,21)18-10-4-5-13(3)11-18/h6-9,12-13H,4-5,10-11H2,1-3H3,(H,17,19)/t13-/m0/s1. The Balaban J connectivity index is 2.13. The summed E-state index contributed by atoms with van der Waals surface area (Å²) in [5.41, 5.74) is 0.615. The van der Waals surface area contributed by atoms with Crippen molar-refractivity contribution in [1.29, 1.82) is 0 Å². The third-order valence-electron chi connectivity index (χ3n) is 3.90. The van der Waals surface area contributed by atoms with E-state index in [2.05, 4.69) is 12.2 Å². The van der Waals surface area contributed by atoms with Crippen LogP contribution in [0.4, 0.5) is 5.69 Å². The Morgan fingerprint density at radius 1 is 1.27 bits per heavy atom. The number of benzene rings is 1. The number of sulfonamides is 1. The lowest BCUT2D eigenvalue weighted by molar-refractivity contribution is -0.118. The molecule has 1 aromatic rings. The normalized spacial score (nSPS) is 20.1. The second-order valence-electron chi connectivity index (χ2n) is 6.28. The maximum Gasteiger partial charge on any atom is 0.243 e. The predicted molar refractivity (Wildman–Crippen MR) is 87.1 cm³/mol. The van der Waals surface area contributed by atoms with Crippen LogP contribution in [0.15, 0.2) is 29.2 Å². The van der Waals surface area contributed by atoms with Crippen LogP contribution in [0.3, 0.4) is 0 Å². The van der Waals surface area contributed by atoms with Gasteiger partial charge in [0.25, 0.3) is 0 Å². The zero-order valence-corrected chi connectivity index (χ0v) is 14.2. The number of hydrogen-bond donors (Lipinski definition) is 1. The van der Waals surface area contributed by atoms with Crippen LogP contribution in [0, 0.1) is 11.8 Å². The zero-order valence-electron chi connectivity index (χ0n) is 13.4. The van der Waals surface area contributed by atoms with Crippen LogP contribution >= 0.6 is 0 Å². The number of carbonyl (C=O) groups is 1. The molecule has 1 aromatic carbocycles. The van der Waals surface area contributed by atoms with Gasteiger partial charge < -0.3 is 5.32 Å². The Bertz CT molecular complexity index is 623. The number of hydrogen-bond acceptors (Lipinski definition) is 3. The second kappa shape index (κ2) is 6.79. The van der Waals surface area contributed by atoms with Gasteiger partial charge in [-0.05, 0) is 43.0 Å². The molecule has 0 radical (unpaired) electrons. The van der Waals surface area contributed by atoms with Crippen LogP contribution in [0.5, 0.6) is 0 Å². The van der Waals surface area contributed by atoms with Gasteiger partial charge in [-0.3, -0.25) is 4.79 Å². The van der Waals surface area contributed by atoms with Gasteiger partial charge in [0.15, 0.2) is 0 Å². The number of anilines is 1. The molecule has 0 bridgehead atoms. The summed E-state index contributed by atoms with van der Waals surface area (Å²) < 4.78 is 26.8. The molecule has 1 amide bonds. The molecule has 0 aromatic heterocycles. The molecule has 122 valence electrons. The summed E-state index contributed by atoms with van der Waals surface area (Å²) in [6.07, 6.45) is 1.98. The lowest BCUT2D eigenvalue weighted by atomic mass is 10.0. The van der Waals surface area contributed by atoms with E-state index in [0.29, 0.717) is 24.7 Å². The van der Waals surface area contributed by atoms with Crippen LogP contribution in [0.2, 0.25) is 0 Å². The van der Waals surface area contributed by atoms with E-state index in [1.54, 1.807) is 28.6 Å². The third kappa shape index (κ3) is 3.87. The quantitative estimate of drug-likeness (QED) is 0.926. The minimum absolute atomic E-state index is 0.0829. The highest BCUT2D eigenvalue weighted by molar-refractivity contribution is 7.89. The van der Waals surface area contributed by atoms with Crippen molar-refractivity contribution in [3.63, 3.8) is 0 Å². The largest absolute Gasteiger partial charge is 0.326 e. The highest BCUT2D eigenvalue weighted by Gasteiger charge is 2.28. The van der Waals surface area contributed by atoms with Crippen molar-refractivity contribution in [2.24, 2.45) is 11.8 Å². The molecule has 2 rings (SSSR count). The highest BCUT2D eigenvalue weighted by atomic mass is 32.2. The topological polar surface area (TPSA) is 66.5 Å². The number of nitrogens with one attached hydrogen (secondary N) is 1. The summed E-state index contributed by atoms with van der Waals surface area (Å²) in [5, 5.41) is 2.76. The van der Waals surface area contributed by atoms with Crippen molar-refractivity contribution in [3.05, 3.63) is 24.3 Å². The summed E-state index contributed by atoms with van der Waals surface area (Å²) in [4.78, 5) is 11.9. The van der Waals surface area contributed by atoms with Crippen LogP contribution in [-0.4, -0.2) is 31.7 Å². The van der Waals surface area contributed by atoms with Gasteiger partial charge in [0.05, 0.1) is 4.90 Å². The van der Waals surface area contributed by atoms with E-state index in [1.165, 1.54) is 0 Å². The monoisotopic (exact) mass is 324 g/mol. The van der Waals surface area contributed by atoms with Crippen molar-refractivity contribution < 1.29 is 13.2 Å². The Morgan fingerprint density at radius 2 is 1.91 bits per heavy atom. The van der Waals surface area contributed by atoms with Gasteiger partial charge in [-0.25, -0.2) is 8.42 Å². The molecule has 0 unspecified atom stereocenters. The maximum absolute atomic E-state index is 12.6. The lowest BCUT2D eigenvalue weighted by Crippen LogP contribution is -2.39. The Hall–Kier alpha value is -1.40. The third-order valence-corrected chi connectivity index (χ3v) is 5.78. The van der Waals surface area contributed by atoms with E-state index in [-0.39, 0.29) is 16.7 Å². The molecule has 5 nitrogen and oxygen atoms in total. The Morgan fingerprint density at radius 3 is 2.45 bits per heavy atom. The summed E-state index contributed by atoms with van der Waals surface area (Å²) in [6.45, 7) is 6.86. The molecule has 0 saturated carbocycles. The molecule has 1 fully saturated rings. The number of nitrogens with zero attached hydrogens (tertiary/aromatic N) is 1. The Kier molecular flexibility index (Phi) is 5.24. The highest BCUT2D eigenvalue weighted by Crippen LogP contribution is 2.24. The average molecular weight is 324 g/mol. The fraction of sp³-hybridized carbons (Fsp3) is 0.562. The SMILES string of the molecule is CC(C)C(=O)Nc1ccc(S(=O)(=O)N2CCC[C@H](C)C2)cc1. The first-order chi connectivity index (χ1) is 10.3. The van der Waals surface area contributed by atoms with E-state index < -0.39 is 10.0 Å². The molecular weight excluding hydrogens is 300 g/mol. The van der Waals surface area contributed by atoms with Crippen LogP contribution in [-0.2, 0) is 14.8 Å². The average Bonchev–Trinajstić information content (AvgIpc) is 2.47. The number of rotatable bonds is 4. The maximum atomic E-state index is 12.6. The van der Waals surface area contributed by atoms with E-state index in [0.717, 1.165) is 12.8 Å². The predicted octanol–water partition coefficient (Wildman–Crippen LogP) is 2.70. The van der Waals surface area contributed by atoms with E-state index in [1.807, 2.05) is 13.8 Å². The zero-order chi connectivity index (χ0) is 16.3. The van der Waals surface area contributed by atoms with Crippen LogP contribution < -0.4 is 5.32 Å². The van der Waals surface area contributed by atoms with Gasteiger partial charge in [0.2, 0.25) is 15.9 Å². The minimum Gasteiger partial charge on any atom is -0.326 e. The first-order valence-corrected chi connectivity index (χ1v) is 9.16. The van der Waals surface area contributed by atoms with E-state index in [4.69, 9.17) is 0 Å². The molecular formula is C16H24N2O3S. The molecule has 6 heteroatoms. The van der Waals surface area contributed by atoms with Gasteiger partial charge in [0.1, 0.15) is 0 Å². The first kappa shape index (κ1) is 17.0. The molecule has 1 N–H and O–H groups in total. The molecule has 1 saturated heterocycles. The Labute approximate surface area is 132 Å². The van der Waals surface area contributed by atoms with Crippen LogP contribution in [0.25, 0.3) is 0 Å². The van der Waals surface area contributed by atoms with Gasteiger partial charge in [-0.1, -0.05) is 20.8 Å². The molecule has 1 aliphatic heterocycles. The summed E-state index contributed by atoms with van der Waals surface area (Å²) >= 11 is 0. The molecule has 0 aliphatic carbocycles. The fourth-order valence-corrected chi connectivity index (χ4v) is 4.11. The smallest absolute Gasteiger partial charge is 0.243 e. The second-order valence-corrected chi connectivity index (χ2v) is 8.22. The van der Waals surface area contributed by atoms with Crippen molar-refractivity contribution in [1.82, 2.24) is 4.31 Å².